The predicted octanol–water partition coefficient (Wildman–Crippen LogP) is 4.83. The number of hydrogen-bond acceptors (Lipinski definition) is 2. The summed E-state index contributed by atoms with van der Waals surface area (Å²) in [5.74, 6) is 0.592. The molecular weight excluding hydrogens is 344 g/mol. The molecule has 3 nitrogen and oxygen atoms in total. The van der Waals surface area contributed by atoms with Crippen LogP contribution in [0.2, 0.25) is 5.02 Å². The van der Waals surface area contributed by atoms with Gasteiger partial charge in [0.25, 0.3) is 0 Å². The van der Waals surface area contributed by atoms with Crippen molar-refractivity contribution in [3.05, 3.63) is 70.8 Å². The molecule has 1 amide bonds. The number of carbonyl (C=O) groups is 1. The van der Waals surface area contributed by atoms with E-state index in [1.807, 2.05) is 29.2 Å². The normalized spacial score (nSPS) is 15.1. The molecule has 4 heteroatoms. The zero-order valence-electron chi connectivity index (χ0n) is 15.4. The Bertz CT molecular complexity index is 775. The van der Waals surface area contributed by atoms with Gasteiger partial charge in [0.1, 0.15) is 0 Å². The summed E-state index contributed by atoms with van der Waals surface area (Å²) < 4.78 is 0. The molecule has 1 fully saturated rings. The van der Waals surface area contributed by atoms with Crippen LogP contribution in [0.4, 0.5) is 5.69 Å². The molecule has 0 spiro atoms. The summed E-state index contributed by atoms with van der Waals surface area (Å²) >= 11 is 6.07. The Hall–Kier alpha value is -2.26. The summed E-state index contributed by atoms with van der Waals surface area (Å²) in [6, 6.07) is 16.2. The smallest absolute Gasteiger partial charge is 0.246 e. The second kappa shape index (κ2) is 8.41. The molecule has 0 bridgehead atoms. The fourth-order valence-corrected chi connectivity index (χ4v) is 3.31. The largest absolute Gasteiger partial charge is 0.368 e. The zero-order valence-corrected chi connectivity index (χ0v) is 16.1. The van der Waals surface area contributed by atoms with Gasteiger partial charge >= 0.3 is 0 Å². The quantitative estimate of drug-likeness (QED) is 0.722. The Kier molecular flexibility index (Phi) is 6.00. The van der Waals surface area contributed by atoms with E-state index in [9.17, 15) is 4.79 Å². The predicted molar refractivity (Wildman–Crippen MR) is 110 cm³/mol. The molecule has 0 aromatic heterocycles. The molecule has 1 aliphatic heterocycles. The van der Waals surface area contributed by atoms with Crippen molar-refractivity contribution in [2.24, 2.45) is 0 Å². The van der Waals surface area contributed by atoms with Gasteiger partial charge in [-0.15, -0.1) is 0 Å². The number of benzene rings is 2. The van der Waals surface area contributed by atoms with Crippen molar-refractivity contribution in [2.75, 3.05) is 31.1 Å². The van der Waals surface area contributed by atoms with Gasteiger partial charge in [-0.2, -0.15) is 0 Å². The van der Waals surface area contributed by atoms with Crippen LogP contribution in [0.15, 0.2) is 54.6 Å². The molecule has 0 atom stereocenters. The van der Waals surface area contributed by atoms with Crippen LogP contribution >= 0.6 is 11.6 Å². The second-order valence-corrected chi connectivity index (χ2v) is 7.38. The first-order valence-corrected chi connectivity index (χ1v) is 9.48. The fraction of sp³-hybridized carbons (Fsp3) is 0.318. The molecule has 0 radical (unpaired) electrons. The van der Waals surface area contributed by atoms with Crippen LogP contribution in [0.5, 0.6) is 0 Å². The van der Waals surface area contributed by atoms with E-state index in [-0.39, 0.29) is 5.91 Å². The maximum absolute atomic E-state index is 12.4. The van der Waals surface area contributed by atoms with E-state index in [2.05, 4.69) is 49.1 Å². The van der Waals surface area contributed by atoms with Crippen molar-refractivity contribution in [1.29, 1.82) is 0 Å². The number of rotatable bonds is 4. The Morgan fingerprint density at radius 1 is 1.04 bits per heavy atom. The molecule has 0 unspecified atom stereocenters. The molecule has 2 aromatic carbocycles. The number of nitrogens with zero attached hydrogens (tertiary/aromatic N) is 2. The molecule has 1 aliphatic rings. The third-order valence-corrected chi connectivity index (χ3v) is 5.02. The summed E-state index contributed by atoms with van der Waals surface area (Å²) in [5.41, 5.74) is 3.48. The van der Waals surface area contributed by atoms with Crippen LogP contribution < -0.4 is 4.90 Å². The maximum Gasteiger partial charge on any atom is 0.246 e. The van der Waals surface area contributed by atoms with Gasteiger partial charge in [-0.3, -0.25) is 4.79 Å². The SMILES string of the molecule is CC(C)c1ccc(/C=C/C(=O)N2CCN(c3cccc(Cl)c3)CC2)cc1. The number of amides is 1. The van der Waals surface area contributed by atoms with Gasteiger partial charge in [0, 0.05) is 43.0 Å². The molecule has 2 aromatic rings. The standard InChI is InChI=1S/C22H25ClN2O/c1-17(2)19-9-6-18(7-10-19)8-11-22(26)25-14-12-24(13-15-25)21-5-3-4-20(23)16-21/h3-11,16-17H,12-15H2,1-2H3/b11-8+. The lowest BCUT2D eigenvalue weighted by Gasteiger charge is -2.35. The lowest BCUT2D eigenvalue weighted by Crippen LogP contribution is -2.48. The summed E-state index contributed by atoms with van der Waals surface area (Å²) in [5, 5.41) is 0.743. The minimum atomic E-state index is 0.0729. The Morgan fingerprint density at radius 3 is 2.35 bits per heavy atom. The first kappa shape index (κ1) is 18.5. The van der Waals surface area contributed by atoms with Gasteiger partial charge in [0.05, 0.1) is 0 Å². The number of halogens is 1. The number of carbonyl (C=O) groups excluding carboxylic acids is 1. The summed E-state index contributed by atoms with van der Waals surface area (Å²) in [6.45, 7) is 7.45. The zero-order chi connectivity index (χ0) is 18.5. The summed E-state index contributed by atoms with van der Waals surface area (Å²) in [6.07, 6.45) is 3.58. The molecule has 1 heterocycles. The van der Waals surface area contributed by atoms with E-state index >= 15 is 0 Å². The van der Waals surface area contributed by atoms with Crippen molar-refractivity contribution in [1.82, 2.24) is 4.90 Å². The van der Waals surface area contributed by atoms with E-state index in [1.165, 1.54) is 5.56 Å². The second-order valence-electron chi connectivity index (χ2n) is 6.95. The highest BCUT2D eigenvalue weighted by Gasteiger charge is 2.19. The van der Waals surface area contributed by atoms with Gasteiger partial charge in [0.15, 0.2) is 0 Å². The van der Waals surface area contributed by atoms with Crippen molar-refractivity contribution < 1.29 is 4.79 Å². The van der Waals surface area contributed by atoms with E-state index in [0.717, 1.165) is 42.5 Å². The van der Waals surface area contributed by atoms with Gasteiger partial charge in [-0.05, 0) is 41.3 Å². The molecule has 0 saturated carbocycles. The topological polar surface area (TPSA) is 23.6 Å². The lowest BCUT2D eigenvalue weighted by atomic mass is 10.0. The van der Waals surface area contributed by atoms with Crippen LogP contribution in [0.3, 0.4) is 0 Å². The Balaban J connectivity index is 1.55. The van der Waals surface area contributed by atoms with Crippen LogP contribution in [0.25, 0.3) is 6.08 Å². The Labute approximate surface area is 160 Å². The van der Waals surface area contributed by atoms with Gasteiger partial charge in [-0.25, -0.2) is 0 Å². The highest BCUT2D eigenvalue weighted by atomic mass is 35.5. The highest BCUT2D eigenvalue weighted by molar-refractivity contribution is 6.30. The van der Waals surface area contributed by atoms with Crippen LogP contribution in [0.1, 0.15) is 30.9 Å². The average Bonchev–Trinajstić information content (AvgIpc) is 2.66. The van der Waals surface area contributed by atoms with Crippen molar-refractivity contribution in [3.8, 4) is 0 Å². The van der Waals surface area contributed by atoms with Gasteiger partial charge in [0.2, 0.25) is 5.91 Å². The Morgan fingerprint density at radius 2 is 1.73 bits per heavy atom. The maximum atomic E-state index is 12.4. The third kappa shape index (κ3) is 4.67. The third-order valence-electron chi connectivity index (χ3n) is 4.79. The summed E-state index contributed by atoms with van der Waals surface area (Å²) in [7, 11) is 0. The van der Waals surface area contributed by atoms with Crippen LogP contribution in [-0.4, -0.2) is 37.0 Å². The van der Waals surface area contributed by atoms with E-state index in [0.29, 0.717) is 5.92 Å². The summed E-state index contributed by atoms with van der Waals surface area (Å²) in [4.78, 5) is 16.6. The fourth-order valence-electron chi connectivity index (χ4n) is 3.12. The molecule has 1 saturated heterocycles. The van der Waals surface area contributed by atoms with E-state index in [4.69, 9.17) is 11.6 Å². The van der Waals surface area contributed by atoms with Crippen molar-refractivity contribution >= 4 is 29.3 Å². The highest BCUT2D eigenvalue weighted by Crippen LogP contribution is 2.21. The van der Waals surface area contributed by atoms with E-state index in [1.54, 1.807) is 6.08 Å². The molecule has 0 aliphatic carbocycles. The number of hydrogen-bond donors (Lipinski definition) is 0. The minimum Gasteiger partial charge on any atom is -0.368 e. The average molecular weight is 369 g/mol. The molecule has 136 valence electrons. The monoisotopic (exact) mass is 368 g/mol. The molecule has 3 rings (SSSR count). The number of piperazine rings is 1. The van der Waals surface area contributed by atoms with Crippen LogP contribution in [-0.2, 0) is 4.79 Å². The first-order chi connectivity index (χ1) is 12.5. The van der Waals surface area contributed by atoms with Crippen LogP contribution in [0, 0.1) is 0 Å². The molecule has 26 heavy (non-hydrogen) atoms. The van der Waals surface area contributed by atoms with Crippen molar-refractivity contribution in [2.45, 2.75) is 19.8 Å². The molecule has 0 N–H and O–H groups in total. The minimum absolute atomic E-state index is 0.0729. The number of anilines is 1. The molecular formula is C22H25ClN2O. The van der Waals surface area contributed by atoms with E-state index < -0.39 is 0 Å². The van der Waals surface area contributed by atoms with Crippen molar-refractivity contribution in [3.63, 3.8) is 0 Å². The lowest BCUT2D eigenvalue weighted by molar-refractivity contribution is -0.126. The first-order valence-electron chi connectivity index (χ1n) is 9.10. The van der Waals surface area contributed by atoms with Gasteiger partial charge < -0.3 is 9.80 Å². The van der Waals surface area contributed by atoms with Gasteiger partial charge in [-0.1, -0.05) is 55.8 Å².